The first-order valence-corrected chi connectivity index (χ1v) is 34.7. The van der Waals surface area contributed by atoms with E-state index in [0.29, 0.717) is 17.4 Å². The molecule has 0 heterocycles. The largest absolute Gasteiger partial charge is 0.756 e. The first-order chi connectivity index (χ1) is 37.5. The minimum atomic E-state index is -4.64. The van der Waals surface area contributed by atoms with E-state index in [1.165, 1.54) is 231 Å². The molecule has 0 fully saturated rings. The summed E-state index contributed by atoms with van der Waals surface area (Å²) in [5.74, 6) is -0.830. The van der Waals surface area contributed by atoms with E-state index in [0.717, 1.165) is 64.2 Å². The lowest BCUT2D eigenvalue weighted by Gasteiger charge is -2.28. The van der Waals surface area contributed by atoms with Crippen molar-refractivity contribution in [3.63, 3.8) is 0 Å². The maximum absolute atomic E-state index is 12.8. The summed E-state index contributed by atoms with van der Waals surface area (Å²) in [7, 11) is 1.17. The van der Waals surface area contributed by atoms with Crippen LogP contribution in [0.4, 0.5) is 0 Å². The quantitative estimate of drug-likeness (QED) is 0.0195. The Hall–Kier alpha value is -1.77. The Labute approximate surface area is 478 Å². The van der Waals surface area contributed by atoms with Crippen molar-refractivity contribution in [3.05, 3.63) is 36.5 Å². The van der Waals surface area contributed by atoms with Crippen LogP contribution in [0.5, 0.6) is 0 Å². The van der Waals surface area contributed by atoms with Crippen LogP contribution in [0, 0.1) is 0 Å². The topological polar surface area (TPSA) is 111 Å². The highest BCUT2D eigenvalue weighted by Crippen LogP contribution is 2.38. The van der Waals surface area contributed by atoms with Gasteiger partial charge in [-0.25, -0.2) is 0 Å². The second kappa shape index (κ2) is 58.9. The third-order valence-corrected chi connectivity index (χ3v) is 15.9. The summed E-state index contributed by atoms with van der Waals surface area (Å²) < 4.78 is 34.2. The van der Waals surface area contributed by atoms with Gasteiger partial charge in [-0.05, 0) is 44.9 Å². The summed E-state index contributed by atoms with van der Waals surface area (Å²) in [5, 5.41) is 0. The Bertz CT molecular complexity index is 1390. The van der Waals surface area contributed by atoms with E-state index in [9.17, 15) is 19.0 Å². The molecule has 0 aliphatic heterocycles. The highest BCUT2D eigenvalue weighted by Gasteiger charge is 2.22. The second-order valence-corrected chi connectivity index (χ2v) is 25.2. The molecule has 0 rings (SSSR count). The standard InChI is InChI=1S/C67H128NO8P/c1-6-8-10-12-14-16-18-20-22-24-25-26-27-28-29-30-31-32-33-34-35-36-37-38-39-40-41-42-44-45-47-49-51-53-55-57-59-66(69)73-63-65(64-75-77(71,72)74-62-61-68(3,4)5)76-67(70)60-58-56-54-52-50-48-46-43-23-21-19-17-15-13-11-9-7-2/h9,11,15,17,21,23,65H,6-8,10,12-14,16,18-20,22,24-64H2,1-5H3/b11-9-,17-15-,23-21-. The molecule has 0 aliphatic rings. The SMILES string of the molecule is CC/C=C\C/C=C\C/C=C\CCCCCCCCCC(=O)OC(COC(=O)CCCCCCCCCCCCCCCCCCCCCCCCCCCCCCCCCCCCCC)COP(=O)([O-])OCC[N+](C)(C)C. The molecule has 2 unspecified atom stereocenters. The number of phosphoric ester groups is 1. The molecule has 0 amide bonds. The van der Waals surface area contributed by atoms with Crippen molar-refractivity contribution in [2.75, 3.05) is 47.5 Å². The molecule has 454 valence electrons. The Balaban J connectivity index is 3.91. The molecular formula is C67H128NO8P. The number of likely N-dealkylation sites (N-methyl/N-ethyl adjacent to an activating group) is 1. The van der Waals surface area contributed by atoms with Gasteiger partial charge < -0.3 is 27.9 Å². The zero-order chi connectivity index (χ0) is 56.3. The lowest BCUT2D eigenvalue weighted by Crippen LogP contribution is -2.37. The average Bonchev–Trinajstić information content (AvgIpc) is 3.39. The number of unbranched alkanes of at least 4 members (excludes halogenated alkanes) is 42. The number of rotatable bonds is 62. The maximum Gasteiger partial charge on any atom is 0.306 e. The first-order valence-electron chi connectivity index (χ1n) is 33.2. The number of allylic oxidation sites excluding steroid dienone is 6. The van der Waals surface area contributed by atoms with Crippen molar-refractivity contribution in [2.24, 2.45) is 0 Å². The van der Waals surface area contributed by atoms with Gasteiger partial charge in [0.2, 0.25) is 0 Å². The van der Waals surface area contributed by atoms with E-state index in [1.807, 2.05) is 21.1 Å². The monoisotopic (exact) mass is 1110 g/mol. The van der Waals surface area contributed by atoms with Gasteiger partial charge in [-0.15, -0.1) is 0 Å². The molecule has 0 spiro atoms. The number of hydrogen-bond donors (Lipinski definition) is 0. The molecule has 0 aliphatic carbocycles. The summed E-state index contributed by atoms with van der Waals surface area (Å²) in [5.41, 5.74) is 0. The Kier molecular flexibility index (Phi) is 57.5. The van der Waals surface area contributed by atoms with Gasteiger partial charge in [0.25, 0.3) is 7.82 Å². The van der Waals surface area contributed by atoms with Gasteiger partial charge in [-0.2, -0.15) is 0 Å². The number of ether oxygens (including phenoxy) is 2. The zero-order valence-corrected chi connectivity index (χ0v) is 52.6. The van der Waals surface area contributed by atoms with Crippen LogP contribution in [0.1, 0.15) is 328 Å². The molecule has 0 radical (unpaired) electrons. The summed E-state index contributed by atoms with van der Waals surface area (Å²) in [6, 6.07) is 0. The van der Waals surface area contributed by atoms with Gasteiger partial charge in [0, 0.05) is 12.8 Å². The van der Waals surface area contributed by atoms with E-state index >= 15 is 0 Å². The van der Waals surface area contributed by atoms with Gasteiger partial charge in [0.05, 0.1) is 27.7 Å². The van der Waals surface area contributed by atoms with Crippen LogP contribution < -0.4 is 4.89 Å². The number of esters is 2. The van der Waals surface area contributed by atoms with Crippen LogP contribution in [0.25, 0.3) is 0 Å². The minimum Gasteiger partial charge on any atom is -0.756 e. The fraction of sp³-hybridized carbons (Fsp3) is 0.881. The van der Waals surface area contributed by atoms with Gasteiger partial charge in [-0.3, -0.25) is 14.2 Å². The molecule has 0 saturated heterocycles. The average molecular weight is 1110 g/mol. The predicted octanol–water partition coefficient (Wildman–Crippen LogP) is 20.5. The number of quaternary nitrogens is 1. The first kappa shape index (κ1) is 75.2. The number of carbonyl (C=O) groups excluding carboxylic acids is 2. The van der Waals surface area contributed by atoms with Crippen molar-refractivity contribution < 1.29 is 42.1 Å². The molecule has 2 atom stereocenters. The Morgan fingerprint density at radius 1 is 0.416 bits per heavy atom. The summed E-state index contributed by atoms with van der Waals surface area (Å²) in [6.07, 6.45) is 73.9. The summed E-state index contributed by atoms with van der Waals surface area (Å²) >= 11 is 0. The predicted molar refractivity (Wildman–Crippen MR) is 328 cm³/mol. The number of phosphoric acid groups is 1. The Morgan fingerprint density at radius 2 is 0.740 bits per heavy atom. The molecule has 77 heavy (non-hydrogen) atoms. The lowest BCUT2D eigenvalue weighted by atomic mass is 10.0. The third kappa shape index (κ3) is 63.3. The molecule has 0 N–H and O–H groups in total. The van der Waals surface area contributed by atoms with Gasteiger partial charge in [-0.1, -0.05) is 307 Å². The number of carbonyl (C=O) groups is 2. The van der Waals surface area contributed by atoms with Crippen molar-refractivity contribution in [3.8, 4) is 0 Å². The number of nitrogens with zero attached hydrogens (tertiary/aromatic N) is 1. The van der Waals surface area contributed by atoms with Crippen LogP contribution in [0.15, 0.2) is 36.5 Å². The Morgan fingerprint density at radius 3 is 1.10 bits per heavy atom. The molecule has 9 nitrogen and oxygen atoms in total. The van der Waals surface area contributed by atoms with E-state index < -0.39 is 26.5 Å². The van der Waals surface area contributed by atoms with E-state index in [4.69, 9.17) is 18.5 Å². The molecule has 0 saturated carbocycles. The lowest BCUT2D eigenvalue weighted by molar-refractivity contribution is -0.870. The van der Waals surface area contributed by atoms with Crippen molar-refractivity contribution in [1.82, 2.24) is 0 Å². The summed E-state index contributed by atoms with van der Waals surface area (Å²) in [6.45, 7) is 4.17. The molecular weight excluding hydrogens is 978 g/mol. The van der Waals surface area contributed by atoms with E-state index in [2.05, 4.69) is 50.3 Å². The van der Waals surface area contributed by atoms with Gasteiger partial charge in [0.1, 0.15) is 19.8 Å². The fourth-order valence-electron chi connectivity index (χ4n) is 9.85. The van der Waals surface area contributed by atoms with E-state index in [-0.39, 0.29) is 32.0 Å². The van der Waals surface area contributed by atoms with Crippen LogP contribution >= 0.6 is 7.82 Å². The van der Waals surface area contributed by atoms with Crippen molar-refractivity contribution in [2.45, 2.75) is 335 Å². The van der Waals surface area contributed by atoms with Crippen molar-refractivity contribution in [1.29, 1.82) is 0 Å². The highest BCUT2D eigenvalue weighted by atomic mass is 31.2. The number of hydrogen-bond acceptors (Lipinski definition) is 8. The maximum atomic E-state index is 12.8. The fourth-order valence-corrected chi connectivity index (χ4v) is 10.6. The molecule has 0 aromatic heterocycles. The third-order valence-electron chi connectivity index (χ3n) is 14.9. The smallest absolute Gasteiger partial charge is 0.306 e. The van der Waals surface area contributed by atoms with Gasteiger partial charge in [0.15, 0.2) is 6.10 Å². The van der Waals surface area contributed by atoms with Crippen LogP contribution in [0.3, 0.4) is 0 Å². The zero-order valence-electron chi connectivity index (χ0n) is 51.7. The van der Waals surface area contributed by atoms with Crippen molar-refractivity contribution >= 4 is 19.8 Å². The van der Waals surface area contributed by atoms with E-state index in [1.54, 1.807) is 0 Å². The highest BCUT2D eigenvalue weighted by molar-refractivity contribution is 7.45. The molecule has 0 aromatic carbocycles. The van der Waals surface area contributed by atoms with Crippen LogP contribution in [0.2, 0.25) is 0 Å². The second-order valence-electron chi connectivity index (χ2n) is 23.8. The van der Waals surface area contributed by atoms with Crippen LogP contribution in [-0.4, -0.2) is 70.0 Å². The minimum absolute atomic E-state index is 0.0318. The van der Waals surface area contributed by atoms with Crippen LogP contribution in [-0.2, 0) is 32.7 Å². The molecule has 0 aromatic rings. The normalized spacial score (nSPS) is 13.4. The molecule has 10 heteroatoms. The summed E-state index contributed by atoms with van der Waals surface area (Å²) in [4.78, 5) is 37.9. The molecule has 0 bridgehead atoms. The van der Waals surface area contributed by atoms with Gasteiger partial charge >= 0.3 is 11.9 Å².